The van der Waals surface area contributed by atoms with Gasteiger partial charge in [0.1, 0.15) is 0 Å². The van der Waals surface area contributed by atoms with Crippen LogP contribution in [0.2, 0.25) is 0 Å². The second-order valence-electron chi connectivity index (χ2n) is 7.65. The molecule has 0 aliphatic carbocycles. The van der Waals surface area contributed by atoms with Crippen molar-refractivity contribution in [3.8, 4) is 0 Å². The van der Waals surface area contributed by atoms with Gasteiger partial charge in [-0.1, -0.05) is 18.2 Å². The number of fused-ring (bicyclic) bond motifs is 1. The van der Waals surface area contributed by atoms with Crippen LogP contribution >= 0.6 is 0 Å². The molecule has 2 heterocycles. The van der Waals surface area contributed by atoms with E-state index in [2.05, 4.69) is 10.0 Å². The first-order chi connectivity index (χ1) is 14.7. The molecule has 0 saturated heterocycles. The summed E-state index contributed by atoms with van der Waals surface area (Å²) in [6, 6.07) is 13.1. The highest BCUT2D eigenvalue weighted by atomic mass is 32.2. The summed E-state index contributed by atoms with van der Waals surface area (Å²) >= 11 is 0. The number of carbonyl (C=O) groups excluding carboxylic acids is 1. The lowest BCUT2D eigenvalue weighted by Gasteiger charge is -2.32. The Labute approximate surface area is 180 Å². The van der Waals surface area contributed by atoms with Crippen LogP contribution in [0.5, 0.6) is 0 Å². The molecule has 0 bridgehead atoms. The molecule has 0 radical (unpaired) electrons. The van der Waals surface area contributed by atoms with Gasteiger partial charge >= 0.3 is 0 Å². The van der Waals surface area contributed by atoms with Gasteiger partial charge in [0.25, 0.3) is 15.9 Å². The number of nitrogens with one attached hydrogen (secondary N) is 2. The number of hydrogen-bond acceptors (Lipinski definition) is 5. The molecule has 0 fully saturated rings. The maximum Gasteiger partial charge on any atom is 0.264 e. The zero-order valence-corrected chi connectivity index (χ0v) is 18.2. The van der Waals surface area contributed by atoms with Gasteiger partial charge in [0, 0.05) is 34.1 Å². The highest BCUT2D eigenvalue weighted by Gasteiger charge is 2.33. The van der Waals surface area contributed by atoms with Gasteiger partial charge in [0.05, 0.1) is 22.5 Å². The fourth-order valence-electron chi connectivity index (χ4n) is 4.34. The molecule has 0 atom stereocenters. The van der Waals surface area contributed by atoms with Gasteiger partial charge < -0.3 is 5.32 Å². The van der Waals surface area contributed by atoms with Crippen molar-refractivity contribution in [1.82, 2.24) is 0 Å². The second-order valence-corrected chi connectivity index (χ2v) is 11.2. The monoisotopic (exact) mass is 457 g/mol. The first kappa shape index (κ1) is 19.8. The number of carbonyl (C=O) groups is 1. The largest absolute Gasteiger partial charge is 0.321 e. The summed E-state index contributed by atoms with van der Waals surface area (Å²) in [5.41, 5.74) is 2.52. The predicted molar refractivity (Wildman–Crippen MR) is 120 cm³/mol. The molecule has 2 N–H and O–H groups in total. The van der Waals surface area contributed by atoms with Crippen molar-refractivity contribution in [3.63, 3.8) is 0 Å². The van der Waals surface area contributed by atoms with Crippen LogP contribution in [0.3, 0.4) is 0 Å². The van der Waals surface area contributed by atoms with Gasteiger partial charge in [0.2, 0.25) is 10.0 Å². The number of nitrogens with zero attached hydrogens (tertiary/aromatic N) is 1. The number of benzene rings is 3. The van der Waals surface area contributed by atoms with Gasteiger partial charge in [-0.15, -0.1) is 0 Å². The maximum absolute atomic E-state index is 13.8. The Hall–Kier alpha value is -3.11. The van der Waals surface area contributed by atoms with E-state index in [9.17, 15) is 21.6 Å². The normalized spacial score (nSPS) is 15.6. The van der Waals surface area contributed by atoms with Crippen LogP contribution in [0.15, 0.2) is 53.4 Å². The zero-order valence-electron chi connectivity index (χ0n) is 16.5. The predicted octanol–water partition coefficient (Wildman–Crippen LogP) is 2.92. The smallest absolute Gasteiger partial charge is 0.264 e. The Balaban J connectivity index is 1.68. The molecule has 0 aromatic heterocycles. The van der Waals surface area contributed by atoms with E-state index in [4.69, 9.17) is 0 Å². The highest BCUT2D eigenvalue weighted by molar-refractivity contribution is 7.93. The van der Waals surface area contributed by atoms with Crippen LogP contribution in [-0.2, 0) is 26.5 Å². The Morgan fingerprint density at radius 3 is 2.55 bits per heavy atom. The molecule has 0 saturated carbocycles. The Bertz CT molecular complexity index is 1480. The molecular weight excluding hydrogens is 438 g/mol. The average Bonchev–Trinajstić information content (AvgIpc) is 3.04. The topological polar surface area (TPSA) is 113 Å². The van der Waals surface area contributed by atoms with E-state index in [1.165, 1.54) is 10.4 Å². The Kier molecular flexibility index (Phi) is 4.28. The quantitative estimate of drug-likeness (QED) is 0.626. The van der Waals surface area contributed by atoms with Crippen LogP contribution in [0.4, 0.5) is 17.1 Å². The fourth-order valence-corrected chi connectivity index (χ4v) is 6.66. The lowest BCUT2D eigenvalue weighted by atomic mass is 10.0. The van der Waals surface area contributed by atoms with Crippen molar-refractivity contribution in [2.24, 2.45) is 0 Å². The van der Waals surface area contributed by atoms with Gasteiger partial charge in [-0.2, -0.15) is 0 Å². The number of amides is 1. The minimum absolute atomic E-state index is 0.110. The Morgan fingerprint density at radius 2 is 1.77 bits per heavy atom. The average molecular weight is 458 g/mol. The van der Waals surface area contributed by atoms with E-state index in [-0.39, 0.29) is 17.3 Å². The third kappa shape index (κ3) is 3.14. The molecule has 2 aliphatic heterocycles. The second kappa shape index (κ2) is 6.69. The van der Waals surface area contributed by atoms with E-state index < -0.39 is 20.0 Å². The summed E-state index contributed by atoms with van der Waals surface area (Å²) in [7, 11) is -7.48. The molecule has 2 aliphatic rings. The fraction of sp³-hybridized carbons (Fsp3) is 0.190. The molecule has 160 valence electrons. The zero-order chi connectivity index (χ0) is 22.0. The Morgan fingerprint density at radius 1 is 1.00 bits per heavy atom. The molecule has 3 aromatic rings. The van der Waals surface area contributed by atoms with E-state index in [1.807, 2.05) is 0 Å². The lowest BCUT2D eigenvalue weighted by molar-refractivity contribution is 0.103. The first-order valence-electron chi connectivity index (χ1n) is 9.66. The summed E-state index contributed by atoms with van der Waals surface area (Å²) in [6.07, 6.45) is 2.17. The number of sulfonamides is 2. The van der Waals surface area contributed by atoms with E-state index in [0.29, 0.717) is 51.8 Å². The highest BCUT2D eigenvalue weighted by Crippen LogP contribution is 2.41. The van der Waals surface area contributed by atoms with Crippen LogP contribution in [0.1, 0.15) is 22.3 Å². The number of anilines is 3. The van der Waals surface area contributed by atoms with Gasteiger partial charge in [0.15, 0.2) is 0 Å². The molecule has 3 aromatic carbocycles. The van der Waals surface area contributed by atoms with E-state index in [0.717, 1.165) is 6.26 Å². The number of hydrogen-bond donors (Lipinski definition) is 2. The van der Waals surface area contributed by atoms with Crippen LogP contribution in [0, 0.1) is 0 Å². The van der Waals surface area contributed by atoms with E-state index in [1.54, 1.807) is 42.5 Å². The van der Waals surface area contributed by atoms with Crippen LogP contribution < -0.4 is 14.3 Å². The summed E-state index contributed by atoms with van der Waals surface area (Å²) in [4.78, 5) is 12.3. The van der Waals surface area contributed by atoms with Crippen LogP contribution in [-0.4, -0.2) is 35.5 Å². The van der Waals surface area contributed by atoms with Crippen molar-refractivity contribution in [1.29, 1.82) is 0 Å². The SMILES string of the molecule is CS(=O)(=O)Nc1cccc2c1CCCN2S(=O)(=O)c1ccc2c3c(cccc13)C(=O)N2. The van der Waals surface area contributed by atoms with Crippen molar-refractivity contribution in [2.45, 2.75) is 17.7 Å². The molecule has 5 rings (SSSR count). The summed E-state index contributed by atoms with van der Waals surface area (Å²) in [5, 5.41) is 3.83. The molecular formula is C21H19N3O5S2. The van der Waals surface area contributed by atoms with E-state index >= 15 is 0 Å². The van der Waals surface area contributed by atoms with Crippen molar-refractivity contribution in [2.75, 3.05) is 27.1 Å². The summed E-state index contributed by atoms with van der Waals surface area (Å²) < 4.78 is 54.8. The third-order valence-corrected chi connectivity index (χ3v) is 8.03. The van der Waals surface area contributed by atoms with Gasteiger partial charge in [-0.3, -0.25) is 13.8 Å². The third-order valence-electron chi connectivity index (χ3n) is 5.56. The molecule has 1 amide bonds. The van der Waals surface area contributed by atoms with Gasteiger partial charge in [-0.05, 0) is 43.2 Å². The van der Waals surface area contributed by atoms with Gasteiger partial charge in [-0.25, -0.2) is 16.8 Å². The minimum Gasteiger partial charge on any atom is -0.321 e. The molecule has 0 unspecified atom stereocenters. The molecule has 10 heteroatoms. The molecule has 0 spiro atoms. The minimum atomic E-state index is -3.97. The van der Waals surface area contributed by atoms with Crippen molar-refractivity contribution < 1.29 is 21.6 Å². The number of rotatable bonds is 4. The summed E-state index contributed by atoms with van der Waals surface area (Å²) in [6.45, 7) is 0.276. The molecule has 8 nitrogen and oxygen atoms in total. The molecule has 31 heavy (non-hydrogen) atoms. The van der Waals surface area contributed by atoms with Crippen LogP contribution in [0.25, 0.3) is 10.8 Å². The standard InChI is InChI=1S/C21H19N3O5S2/c1-30(26,27)23-16-8-3-9-18-13(16)7-4-12-24(18)31(28,29)19-11-10-17-20-14(19)5-2-6-15(20)21(25)22-17/h2-3,5-6,8-11,23H,4,7,12H2,1H3,(H,22,25). The van der Waals surface area contributed by atoms with Crippen molar-refractivity contribution >= 4 is 53.8 Å². The summed E-state index contributed by atoms with van der Waals surface area (Å²) in [5.74, 6) is -0.255. The lowest BCUT2D eigenvalue weighted by Crippen LogP contribution is -2.36. The first-order valence-corrected chi connectivity index (χ1v) is 13.0. The van der Waals surface area contributed by atoms with Crippen molar-refractivity contribution in [3.05, 3.63) is 59.7 Å². The maximum atomic E-state index is 13.8.